The van der Waals surface area contributed by atoms with Crippen LogP contribution < -0.4 is 9.64 Å². The molecule has 2 fully saturated rings. The van der Waals surface area contributed by atoms with E-state index in [1.807, 2.05) is 24.8 Å². The van der Waals surface area contributed by atoms with E-state index in [9.17, 15) is 4.79 Å². The van der Waals surface area contributed by atoms with E-state index in [2.05, 4.69) is 21.6 Å². The third-order valence-electron chi connectivity index (χ3n) is 5.32. The highest BCUT2D eigenvalue weighted by Gasteiger charge is 2.54. The van der Waals surface area contributed by atoms with E-state index < -0.39 is 0 Å². The maximum Gasteiger partial charge on any atom is 0.324 e. The number of rotatable bonds is 3. The van der Waals surface area contributed by atoms with Gasteiger partial charge >= 0.3 is 6.03 Å². The molecule has 0 bridgehead atoms. The number of urea groups is 1. The maximum atomic E-state index is 13.0. The van der Waals surface area contributed by atoms with E-state index in [0.29, 0.717) is 23.9 Å². The van der Waals surface area contributed by atoms with Gasteiger partial charge < -0.3 is 14.5 Å². The molecule has 3 aliphatic heterocycles. The number of amides is 2. The van der Waals surface area contributed by atoms with Crippen molar-refractivity contribution in [1.29, 1.82) is 0 Å². The summed E-state index contributed by atoms with van der Waals surface area (Å²) in [5, 5.41) is 0.604. The van der Waals surface area contributed by atoms with Crippen LogP contribution in [0.5, 0.6) is 5.75 Å². The van der Waals surface area contributed by atoms with Crippen LogP contribution in [0.2, 0.25) is 5.02 Å². The highest BCUT2D eigenvalue weighted by molar-refractivity contribution is 6.30. The molecule has 1 aromatic carbocycles. The summed E-state index contributed by atoms with van der Waals surface area (Å²) < 4.78 is 5.65. The van der Waals surface area contributed by atoms with Gasteiger partial charge in [0.25, 0.3) is 0 Å². The van der Waals surface area contributed by atoms with Crippen LogP contribution in [0.1, 0.15) is 13.8 Å². The van der Waals surface area contributed by atoms with Crippen LogP contribution in [-0.2, 0) is 0 Å². The van der Waals surface area contributed by atoms with Crippen molar-refractivity contribution in [1.82, 2.24) is 9.80 Å². The second-order valence-electron chi connectivity index (χ2n) is 7.83. The summed E-state index contributed by atoms with van der Waals surface area (Å²) in [5.41, 5.74) is 1.91. The molecule has 2 saturated heterocycles. The summed E-state index contributed by atoms with van der Waals surface area (Å²) in [6, 6.07) is 5.42. The Labute approximate surface area is 169 Å². The minimum absolute atomic E-state index is 0.0276. The predicted octanol–water partition coefficient (Wildman–Crippen LogP) is 3.26. The summed E-state index contributed by atoms with van der Waals surface area (Å²) in [5.74, 6) is 1.45. The van der Waals surface area contributed by atoms with Crippen LogP contribution in [0, 0.1) is 5.41 Å². The molecule has 0 saturated carbocycles. The number of likely N-dealkylation sites (tertiary alicyclic amines) is 2. The van der Waals surface area contributed by atoms with Crippen LogP contribution in [-0.4, -0.2) is 67.6 Å². The fourth-order valence-electron chi connectivity index (χ4n) is 4.00. The Hall–Kier alpha value is -2.54. The zero-order valence-corrected chi connectivity index (χ0v) is 16.9. The molecule has 0 atom stereocenters. The van der Waals surface area contributed by atoms with Gasteiger partial charge in [-0.3, -0.25) is 9.89 Å². The Morgan fingerprint density at radius 3 is 2.64 bits per heavy atom. The normalized spacial score (nSPS) is 20.0. The monoisotopic (exact) mass is 401 g/mol. The fourth-order valence-corrected chi connectivity index (χ4v) is 4.16. The van der Waals surface area contributed by atoms with E-state index >= 15 is 0 Å². The molecule has 1 spiro atoms. The lowest BCUT2D eigenvalue weighted by molar-refractivity contribution is -0.0782. The number of nitrogens with zero attached hydrogens (tertiary/aromatic N) is 5. The van der Waals surface area contributed by atoms with Crippen molar-refractivity contribution >= 4 is 35.7 Å². The molecule has 0 aromatic heterocycles. The van der Waals surface area contributed by atoms with Gasteiger partial charge in [0.05, 0.1) is 18.4 Å². The van der Waals surface area contributed by atoms with Crippen molar-refractivity contribution in [2.75, 3.05) is 44.2 Å². The molecule has 7 nitrogen and oxygen atoms in total. The van der Waals surface area contributed by atoms with Gasteiger partial charge in [-0.25, -0.2) is 9.79 Å². The number of hydrogen-bond acceptors (Lipinski definition) is 5. The number of carbonyl (C=O) groups is 1. The first kappa shape index (κ1) is 18.8. The average molecular weight is 402 g/mol. The summed E-state index contributed by atoms with van der Waals surface area (Å²) >= 11 is 6.04. The fraction of sp³-hybridized carbons (Fsp3) is 0.450. The standard InChI is InChI=1S/C20H24ClN5O2/c1-14(2)23-9-18(22-3)24-10-20(11-24)12-25(13-20)19(27)26-6-7-28-17-8-15(21)4-5-16(17)26/h4-5,8-9H,3,6-7,10-13H2,1-2H3/b18-9+. The first-order valence-corrected chi connectivity index (χ1v) is 9.70. The molecular formula is C20H24ClN5O2. The largest absolute Gasteiger partial charge is 0.489 e. The molecule has 148 valence electrons. The third-order valence-corrected chi connectivity index (χ3v) is 5.55. The van der Waals surface area contributed by atoms with Crippen molar-refractivity contribution < 1.29 is 9.53 Å². The Kier molecular flexibility index (Phi) is 4.79. The van der Waals surface area contributed by atoms with Crippen LogP contribution in [0.15, 0.2) is 40.2 Å². The van der Waals surface area contributed by atoms with Gasteiger partial charge in [-0.05, 0) is 32.7 Å². The van der Waals surface area contributed by atoms with Gasteiger partial charge in [-0.1, -0.05) is 11.6 Å². The molecule has 0 unspecified atom stereocenters. The van der Waals surface area contributed by atoms with Gasteiger partial charge in [-0.15, -0.1) is 0 Å². The van der Waals surface area contributed by atoms with Gasteiger partial charge in [0, 0.05) is 48.4 Å². The Bertz CT molecular complexity index is 863. The molecule has 3 heterocycles. The second-order valence-corrected chi connectivity index (χ2v) is 8.27. The van der Waals surface area contributed by atoms with Gasteiger partial charge in [0.15, 0.2) is 0 Å². The van der Waals surface area contributed by atoms with E-state index in [-0.39, 0.29) is 11.4 Å². The average Bonchev–Trinajstić information content (AvgIpc) is 2.60. The lowest BCUT2D eigenvalue weighted by Gasteiger charge is -2.61. The summed E-state index contributed by atoms with van der Waals surface area (Å²) in [4.78, 5) is 27.2. The molecule has 3 aliphatic rings. The lowest BCUT2D eigenvalue weighted by Crippen LogP contribution is -2.73. The van der Waals surface area contributed by atoms with Crippen molar-refractivity contribution in [3.8, 4) is 5.75 Å². The maximum absolute atomic E-state index is 13.0. The first-order chi connectivity index (χ1) is 13.4. The zero-order valence-electron chi connectivity index (χ0n) is 16.2. The number of ether oxygens (including phenoxy) is 1. The first-order valence-electron chi connectivity index (χ1n) is 9.32. The van der Waals surface area contributed by atoms with E-state index in [1.54, 1.807) is 23.2 Å². The van der Waals surface area contributed by atoms with Gasteiger partial charge in [0.2, 0.25) is 0 Å². The minimum atomic E-state index is 0.0276. The minimum Gasteiger partial charge on any atom is -0.489 e. The molecule has 0 radical (unpaired) electrons. The second kappa shape index (κ2) is 7.13. The number of fused-ring (bicyclic) bond motifs is 1. The molecule has 0 aliphatic carbocycles. The Balaban J connectivity index is 1.37. The molecule has 8 heteroatoms. The SMILES string of the molecule is C=N/C(=C\N=C(C)C)N1CC2(CN(C(=O)N3CCOc4cc(Cl)ccc43)C2)C1. The third kappa shape index (κ3) is 3.35. The van der Waals surface area contributed by atoms with Crippen LogP contribution >= 0.6 is 11.6 Å². The summed E-state index contributed by atoms with van der Waals surface area (Å²) in [7, 11) is 0. The van der Waals surface area contributed by atoms with Gasteiger partial charge in [0.1, 0.15) is 18.2 Å². The highest BCUT2D eigenvalue weighted by Crippen LogP contribution is 2.43. The van der Waals surface area contributed by atoms with Crippen LogP contribution in [0.3, 0.4) is 0 Å². The van der Waals surface area contributed by atoms with Crippen LogP contribution in [0.25, 0.3) is 0 Å². The molecule has 4 rings (SSSR count). The molecule has 28 heavy (non-hydrogen) atoms. The Morgan fingerprint density at radius 1 is 1.25 bits per heavy atom. The van der Waals surface area contributed by atoms with Crippen molar-refractivity contribution in [3.63, 3.8) is 0 Å². The summed E-state index contributed by atoms with van der Waals surface area (Å²) in [6.07, 6.45) is 1.76. The lowest BCUT2D eigenvalue weighted by atomic mass is 9.73. The van der Waals surface area contributed by atoms with Crippen molar-refractivity contribution in [3.05, 3.63) is 35.2 Å². The van der Waals surface area contributed by atoms with E-state index in [4.69, 9.17) is 16.3 Å². The van der Waals surface area contributed by atoms with Crippen molar-refractivity contribution in [2.24, 2.45) is 15.4 Å². The van der Waals surface area contributed by atoms with E-state index in [0.717, 1.165) is 43.4 Å². The molecule has 0 N–H and O–H groups in total. The van der Waals surface area contributed by atoms with Gasteiger partial charge in [-0.2, -0.15) is 0 Å². The topological polar surface area (TPSA) is 60.7 Å². The molecular weight excluding hydrogens is 378 g/mol. The number of halogens is 1. The number of aliphatic imine (C=N–C) groups is 2. The highest BCUT2D eigenvalue weighted by atomic mass is 35.5. The summed E-state index contributed by atoms with van der Waals surface area (Å²) in [6.45, 7) is 11.8. The number of benzene rings is 1. The molecule has 1 aromatic rings. The van der Waals surface area contributed by atoms with Crippen LogP contribution in [0.4, 0.5) is 10.5 Å². The number of hydrogen-bond donors (Lipinski definition) is 0. The van der Waals surface area contributed by atoms with Crippen molar-refractivity contribution in [2.45, 2.75) is 13.8 Å². The molecule has 2 amide bonds. The van der Waals surface area contributed by atoms with E-state index in [1.165, 1.54) is 0 Å². The Morgan fingerprint density at radius 2 is 1.96 bits per heavy atom. The quantitative estimate of drug-likeness (QED) is 0.730. The number of anilines is 1. The number of carbonyl (C=O) groups excluding carboxylic acids is 1. The smallest absolute Gasteiger partial charge is 0.324 e. The predicted molar refractivity (Wildman–Crippen MR) is 112 cm³/mol. The zero-order chi connectivity index (χ0) is 19.9.